The standard InChI is InChI=1S/C30H32ClN5O3/c1-29(2,38)21-9-12-27-25(17-21)23(24-5-3-14-33-26(24)19-39-27)6-4-15-36-16-13-30(34-35-32,28(37)18-36)20-7-10-22(31)11-8-20/h3,5-12,14,17,28,37-38H,4,13,15-16,18-19H2,1-2H3/b23-6-. The second-order valence-electron chi connectivity index (χ2n) is 10.6. The minimum Gasteiger partial charge on any atom is -0.487 e. The Balaban J connectivity index is 1.39. The van der Waals surface area contributed by atoms with Gasteiger partial charge in [-0.15, -0.1) is 0 Å². The van der Waals surface area contributed by atoms with E-state index in [9.17, 15) is 15.7 Å². The van der Waals surface area contributed by atoms with Crippen molar-refractivity contribution in [3.8, 4) is 5.75 Å². The van der Waals surface area contributed by atoms with Gasteiger partial charge in [-0.25, -0.2) is 0 Å². The van der Waals surface area contributed by atoms with Gasteiger partial charge in [-0.3, -0.25) is 4.98 Å². The molecule has 0 radical (unpaired) electrons. The number of aliphatic hydroxyl groups is 2. The number of likely N-dealkylation sites (tertiary alicyclic amines) is 1. The molecule has 2 aliphatic rings. The van der Waals surface area contributed by atoms with Crippen molar-refractivity contribution in [2.75, 3.05) is 19.6 Å². The number of hydrogen-bond acceptors (Lipinski definition) is 6. The number of fused-ring (bicyclic) bond motifs is 2. The first-order chi connectivity index (χ1) is 18.7. The fraction of sp³-hybridized carbons (Fsp3) is 0.367. The highest BCUT2D eigenvalue weighted by molar-refractivity contribution is 6.30. The zero-order valence-corrected chi connectivity index (χ0v) is 22.8. The third-order valence-corrected chi connectivity index (χ3v) is 7.93. The number of hydrogen-bond donors (Lipinski definition) is 2. The minimum absolute atomic E-state index is 0.368. The zero-order chi connectivity index (χ0) is 27.6. The summed E-state index contributed by atoms with van der Waals surface area (Å²) in [6.07, 6.45) is 4.31. The summed E-state index contributed by atoms with van der Waals surface area (Å²) in [6.45, 7) is 5.67. The summed E-state index contributed by atoms with van der Waals surface area (Å²) in [5, 5.41) is 26.5. The van der Waals surface area contributed by atoms with Crippen LogP contribution in [-0.4, -0.2) is 45.8 Å². The van der Waals surface area contributed by atoms with Crippen LogP contribution >= 0.6 is 11.6 Å². The van der Waals surface area contributed by atoms with Gasteiger partial charge in [0.1, 0.15) is 17.9 Å². The molecule has 202 valence electrons. The van der Waals surface area contributed by atoms with Crippen LogP contribution in [0.1, 0.15) is 54.6 Å². The second-order valence-corrected chi connectivity index (χ2v) is 11.1. The van der Waals surface area contributed by atoms with E-state index >= 15 is 0 Å². The first kappa shape index (κ1) is 27.2. The average Bonchev–Trinajstić information content (AvgIpc) is 3.07. The molecule has 1 fully saturated rings. The fourth-order valence-corrected chi connectivity index (χ4v) is 5.59. The lowest BCUT2D eigenvalue weighted by Gasteiger charge is -2.43. The lowest BCUT2D eigenvalue weighted by atomic mass is 9.79. The molecule has 0 aliphatic carbocycles. The lowest BCUT2D eigenvalue weighted by molar-refractivity contribution is 0.00244. The summed E-state index contributed by atoms with van der Waals surface area (Å²) in [4.78, 5) is 9.81. The number of benzene rings is 2. The number of azide groups is 1. The number of halogens is 1. The van der Waals surface area contributed by atoms with E-state index in [2.05, 4.69) is 32.1 Å². The van der Waals surface area contributed by atoms with Crippen LogP contribution in [0.25, 0.3) is 16.0 Å². The smallest absolute Gasteiger partial charge is 0.131 e. The number of rotatable bonds is 6. The van der Waals surface area contributed by atoms with Crippen molar-refractivity contribution in [2.45, 2.75) is 50.5 Å². The van der Waals surface area contributed by atoms with Crippen molar-refractivity contribution in [3.63, 3.8) is 0 Å². The topological polar surface area (TPSA) is 115 Å². The number of nitrogens with zero attached hydrogens (tertiary/aromatic N) is 5. The SMILES string of the molecule is CC(C)(O)c1ccc2c(c1)/C(=C\CCN1CCC(N=[N+]=[N-])(c3ccc(Cl)cc3)C(O)C1)c1cccnc1CO2. The summed E-state index contributed by atoms with van der Waals surface area (Å²) in [6, 6.07) is 16.9. The van der Waals surface area contributed by atoms with Crippen molar-refractivity contribution in [3.05, 3.63) is 110 Å². The molecule has 1 saturated heterocycles. The predicted octanol–water partition coefficient (Wildman–Crippen LogP) is 5.95. The second kappa shape index (κ2) is 11.0. The van der Waals surface area contributed by atoms with Gasteiger partial charge in [0.15, 0.2) is 0 Å². The molecule has 2 unspecified atom stereocenters. The summed E-state index contributed by atoms with van der Waals surface area (Å²) in [7, 11) is 0. The Morgan fingerprint density at radius 1 is 1.23 bits per heavy atom. The zero-order valence-electron chi connectivity index (χ0n) is 22.1. The Kier molecular flexibility index (Phi) is 7.67. The quantitative estimate of drug-likeness (QED) is 0.226. The molecule has 0 spiro atoms. The Morgan fingerprint density at radius 2 is 2.03 bits per heavy atom. The fourth-order valence-electron chi connectivity index (χ4n) is 5.46. The first-order valence-electron chi connectivity index (χ1n) is 13.1. The van der Waals surface area contributed by atoms with Crippen LogP contribution in [-0.2, 0) is 17.7 Å². The van der Waals surface area contributed by atoms with Gasteiger partial charge in [0.25, 0.3) is 0 Å². The third-order valence-electron chi connectivity index (χ3n) is 7.67. The van der Waals surface area contributed by atoms with E-state index < -0.39 is 17.2 Å². The molecule has 8 nitrogen and oxygen atoms in total. The molecular weight excluding hydrogens is 514 g/mol. The monoisotopic (exact) mass is 545 g/mol. The summed E-state index contributed by atoms with van der Waals surface area (Å²) in [5.41, 5.74) is 12.6. The number of β-amino-alcohol motifs (C(OH)–C–C–N with tert-alkyl or cyclic N) is 1. The average molecular weight is 546 g/mol. The third kappa shape index (κ3) is 5.53. The Morgan fingerprint density at radius 3 is 2.74 bits per heavy atom. The van der Waals surface area contributed by atoms with Gasteiger partial charge in [0.2, 0.25) is 0 Å². The van der Waals surface area contributed by atoms with Gasteiger partial charge < -0.3 is 19.8 Å². The van der Waals surface area contributed by atoms with Crippen LogP contribution in [0, 0.1) is 0 Å². The Bertz CT molecular complexity index is 1430. The van der Waals surface area contributed by atoms with Crippen molar-refractivity contribution in [2.24, 2.45) is 5.11 Å². The summed E-state index contributed by atoms with van der Waals surface area (Å²) in [5.74, 6) is 0.753. The van der Waals surface area contributed by atoms with Crippen molar-refractivity contribution in [1.29, 1.82) is 0 Å². The van der Waals surface area contributed by atoms with Crippen LogP contribution in [0.5, 0.6) is 5.75 Å². The summed E-state index contributed by atoms with van der Waals surface area (Å²) < 4.78 is 6.10. The molecule has 1 aromatic heterocycles. The molecular formula is C30H32ClN5O3. The van der Waals surface area contributed by atoms with Crippen LogP contribution in [0.2, 0.25) is 5.02 Å². The van der Waals surface area contributed by atoms with E-state index in [0.29, 0.717) is 37.7 Å². The number of piperidine rings is 1. The van der Waals surface area contributed by atoms with Gasteiger partial charge in [-0.05, 0) is 85.8 Å². The van der Waals surface area contributed by atoms with Crippen molar-refractivity contribution < 1.29 is 14.9 Å². The molecule has 0 amide bonds. The highest BCUT2D eigenvalue weighted by atomic mass is 35.5. The van der Waals surface area contributed by atoms with Crippen molar-refractivity contribution >= 4 is 17.2 Å². The van der Waals surface area contributed by atoms with E-state index in [0.717, 1.165) is 45.7 Å². The maximum atomic E-state index is 11.2. The van der Waals surface area contributed by atoms with Gasteiger partial charge >= 0.3 is 0 Å². The van der Waals surface area contributed by atoms with E-state index in [1.165, 1.54) is 0 Å². The van der Waals surface area contributed by atoms with Gasteiger partial charge in [-0.2, -0.15) is 0 Å². The van der Waals surface area contributed by atoms with Crippen molar-refractivity contribution in [1.82, 2.24) is 9.88 Å². The number of aliphatic hydroxyl groups excluding tert-OH is 1. The van der Waals surface area contributed by atoms with E-state index in [4.69, 9.17) is 16.3 Å². The van der Waals surface area contributed by atoms with Gasteiger partial charge in [0, 0.05) is 40.3 Å². The Hall–Kier alpha value is -3.39. The van der Waals surface area contributed by atoms with Crippen LogP contribution in [0.4, 0.5) is 0 Å². The Labute approximate surface area is 233 Å². The number of ether oxygens (including phenoxy) is 1. The van der Waals surface area contributed by atoms with Crippen LogP contribution < -0.4 is 4.74 Å². The molecule has 39 heavy (non-hydrogen) atoms. The normalized spacial score (nSPS) is 22.3. The van der Waals surface area contributed by atoms with Crippen LogP contribution in [0.3, 0.4) is 0 Å². The predicted molar refractivity (Wildman–Crippen MR) is 151 cm³/mol. The molecule has 3 heterocycles. The maximum absolute atomic E-state index is 11.2. The molecule has 3 aromatic rings. The van der Waals surface area contributed by atoms with Gasteiger partial charge in [-0.1, -0.05) is 47.1 Å². The number of aromatic nitrogens is 1. The molecule has 2 N–H and O–H groups in total. The molecule has 2 atom stereocenters. The summed E-state index contributed by atoms with van der Waals surface area (Å²) >= 11 is 6.05. The van der Waals surface area contributed by atoms with E-state index in [1.54, 1.807) is 32.2 Å². The largest absolute Gasteiger partial charge is 0.487 e. The van der Waals surface area contributed by atoms with Gasteiger partial charge in [0.05, 0.1) is 17.4 Å². The molecule has 9 heteroatoms. The maximum Gasteiger partial charge on any atom is 0.131 e. The first-order valence-corrected chi connectivity index (χ1v) is 13.5. The number of pyridine rings is 1. The molecule has 5 rings (SSSR count). The van der Waals surface area contributed by atoms with E-state index in [-0.39, 0.29) is 0 Å². The highest BCUT2D eigenvalue weighted by Gasteiger charge is 2.43. The minimum atomic E-state index is -1.02. The molecule has 2 aromatic carbocycles. The van der Waals surface area contributed by atoms with Crippen LogP contribution in [0.15, 0.2) is 72.0 Å². The van der Waals surface area contributed by atoms with E-state index in [1.807, 2.05) is 36.4 Å². The molecule has 2 aliphatic heterocycles. The highest BCUT2D eigenvalue weighted by Crippen LogP contribution is 2.40. The lowest BCUT2D eigenvalue weighted by Crippen LogP contribution is -2.52. The molecule has 0 bridgehead atoms. The molecule has 0 saturated carbocycles.